The average Bonchev–Trinajstić information content (AvgIpc) is 2.39. The van der Waals surface area contributed by atoms with Gasteiger partial charge in [0, 0.05) is 0 Å². The second-order valence-electron chi connectivity index (χ2n) is 2.89. The van der Waals surface area contributed by atoms with E-state index >= 15 is 0 Å². The Kier molecular flexibility index (Phi) is 2.88. The topological polar surface area (TPSA) is 22.1 Å². The molecule has 0 N–H and O–H groups in total. The molecule has 2 nitrogen and oxygen atoms in total. The lowest BCUT2D eigenvalue weighted by molar-refractivity contribution is 0.176. The van der Waals surface area contributed by atoms with Crippen molar-refractivity contribution in [3.63, 3.8) is 0 Å². The molecule has 1 aromatic rings. The summed E-state index contributed by atoms with van der Waals surface area (Å²) in [5, 5.41) is 0.909. The van der Waals surface area contributed by atoms with Crippen molar-refractivity contribution in [3.8, 4) is 5.06 Å². The van der Waals surface area contributed by atoms with Crippen LogP contribution in [-0.4, -0.2) is 11.1 Å². The summed E-state index contributed by atoms with van der Waals surface area (Å²) in [5.41, 5.74) is 1.78. The Hall–Kier alpha value is -0.570. The van der Waals surface area contributed by atoms with Crippen LogP contribution in [0.15, 0.2) is 11.7 Å². The van der Waals surface area contributed by atoms with Crippen LogP contribution in [0.2, 0.25) is 0 Å². The van der Waals surface area contributed by atoms with Gasteiger partial charge in [-0.2, -0.15) is 0 Å². The van der Waals surface area contributed by atoms with Crippen LogP contribution >= 0.6 is 11.3 Å². The standard InChI is InChI=1S/C8H13NOS/c1-6(2)7(3)10-8-4-9-5-11-8/h4-7H,1-3H3. The molecule has 1 rings (SSSR count). The van der Waals surface area contributed by atoms with Crippen LogP contribution in [0.3, 0.4) is 0 Å². The third kappa shape index (κ3) is 2.50. The second-order valence-corrected chi connectivity index (χ2v) is 3.74. The highest BCUT2D eigenvalue weighted by Gasteiger charge is 2.08. The average molecular weight is 171 g/mol. The molecule has 0 aliphatic carbocycles. The Morgan fingerprint density at radius 3 is 2.64 bits per heavy atom. The van der Waals surface area contributed by atoms with Gasteiger partial charge in [0.1, 0.15) is 0 Å². The Morgan fingerprint density at radius 2 is 2.18 bits per heavy atom. The minimum Gasteiger partial charge on any atom is -0.479 e. The number of hydrogen-bond donors (Lipinski definition) is 0. The molecule has 0 aromatic carbocycles. The fourth-order valence-corrected chi connectivity index (χ4v) is 1.14. The van der Waals surface area contributed by atoms with E-state index < -0.39 is 0 Å². The summed E-state index contributed by atoms with van der Waals surface area (Å²) in [6.07, 6.45) is 2.03. The lowest BCUT2D eigenvalue weighted by Gasteiger charge is -2.15. The third-order valence-corrected chi connectivity index (χ3v) is 2.31. The number of nitrogens with zero attached hydrogens (tertiary/aromatic N) is 1. The quantitative estimate of drug-likeness (QED) is 0.697. The second kappa shape index (κ2) is 3.72. The Bertz CT molecular complexity index is 196. The van der Waals surface area contributed by atoms with Gasteiger partial charge in [-0.1, -0.05) is 25.2 Å². The van der Waals surface area contributed by atoms with E-state index in [1.807, 2.05) is 0 Å². The maximum absolute atomic E-state index is 5.57. The molecule has 0 bridgehead atoms. The summed E-state index contributed by atoms with van der Waals surface area (Å²) in [5.74, 6) is 0.553. The van der Waals surface area contributed by atoms with Crippen LogP contribution in [0, 0.1) is 5.92 Å². The van der Waals surface area contributed by atoms with Gasteiger partial charge in [0.2, 0.25) is 0 Å². The van der Waals surface area contributed by atoms with Gasteiger partial charge in [0.15, 0.2) is 5.06 Å². The van der Waals surface area contributed by atoms with Crippen LogP contribution in [0.5, 0.6) is 5.06 Å². The molecule has 62 valence electrons. The van der Waals surface area contributed by atoms with Gasteiger partial charge in [0.25, 0.3) is 0 Å². The van der Waals surface area contributed by atoms with Gasteiger partial charge in [-0.05, 0) is 12.8 Å². The fraction of sp³-hybridized carbons (Fsp3) is 0.625. The van der Waals surface area contributed by atoms with E-state index in [1.54, 1.807) is 11.7 Å². The number of hydrogen-bond acceptors (Lipinski definition) is 3. The zero-order valence-corrected chi connectivity index (χ0v) is 7.89. The maximum atomic E-state index is 5.57. The molecule has 0 spiro atoms. The Labute approximate surface area is 71.2 Å². The van der Waals surface area contributed by atoms with Crippen LogP contribution in [0.4, 0.5) is 0 Å². The van der Waals surface area contributed by atoms with Gasteiger partial charge < -0.3 is 4.74 Å². The van der Waals surface area contributed by atoms with E-state index in [9.17, 15) is 0 Å². The molecular weight excluding hydrogens is 158 g/mol. The summed E-state index contributed by atoms with van der Waals surface area (Å²) < 4.78 is 5.57. The summed E-state index contributed by atoms with van der Waals surface area (Å²) in [6.45, 7) is 6.36. The van der Waals surface area contributed by atoms with Gasteiger partial charge in [-0.3, -0.25) is 0 Å². The highest BCUT2D eigenvalue weighted by atomic mass is 32.1. The monoisotopic (exact) mass is 171 g/mol. The Balaban J connectivity index is 2.43. The van der Waals surface area contributed by atoms with Crippen molar-refractivity contribution < 1.29 is 4.74 Å². The lowest BCUT2D eigenvalue weighted by Crippen LogP contribution is -2.17. The summed E-state index contributed by atoms with van der Waals surface area (Å²) in [6, 6.07) is 0. The molecule has 0 fully saturated rings. The van der Waals surface area contributed by atoms with Crippen LogP contribution in [0.25, 0.3) is 0 Å². The van der Waals surface area contributed by atoms with Crippen LogP contribution in [0.1, 0.15) is 20.8 Å². The van der Waals surface area contributed by atoms with Gasteiger partial charge >= 0.3 is 0 Å². The molecule has 3 heteroatoms. The van der Waals surface area contributed by atoms with Crippen molar-refractivity contribution in [2.24, 2.45) is 5.92 Å². The third-order valence-electron chi connectivity index (χ3n) is 1.65. The number of ether oxygens (including phenoxy) is 1. The van der Waals surface area contributed by atoms with E-state index in [4.69, 9.17) is 4.74 Å². The van der Waals surface area contributed by atoms with Crippen LogP contribution in [-0.2, 0) is 0 Å². The van der Waals surface area contributed by atoms with Crippen molar-refractivity contribution in [2.45, 2.75) is 26.9 Å². The minimum atomic E-state index is 0.274. The molecule has 0 amide bonds. The minimum absolute atomic E-state index is 0.274. The summed E-state index contributed by atoms with van der Waals surface area (Å²) in [4.78, 5) is 3.93. The predicted molar refractivity (Wildman–Crippen MR) is 47.0 cm³/mol. The molecule has 0 saturated carbocycles. The predicted octanol–water partition coefficient (Wildman–Crippen LogP) is 2.57. The molecule has 0 aliphatic rings. The SMILES string of the molecule is CC(C)C(C)Oc1cncs1. The highest BCUT2D eigenvalue weighted by molar-refractivity contribution is 7.11. The fourth-order valence-electron chi connectivity index (χ4n) is 0.582. The van der Waals surface area contributed by atoms with E-state index in [1.165, 1.54) is 11.3 Å². The lowest BCUT2D eigenvalue weighted by atomic mass is 10.1. The van der Waals surface area contributed by atoms with Crippen molar-refractivity contribution in [3.05, 3.63) is 11.7 Å². The first-order chi connectivity index (χ1) is 5.20. The molecule has 11 heavy (non-hydrogen) atoms. The van der Waals surface area contributed by atoms with Crippen molar-refractivity contribution in [1.82, 2.24) is 4.98 Å². The first-order valence-electron chi connectivity index (χ1n) is 3.75. The van der Waals surface area contributed by atoms with Gasteiger partial charge in [0.05, 0.1) is 17.8 Å². The summed E-state index contributed by atoms with van der Waals surface area (Å²) >= 11 is 1.54. The number of rotatable bonds is 3. The van der Waals surface area contributed by atoms with E-state index in [0.717, 1.165) is 5.06 Å². The van der Waals surface area contributed by atoms with Gasteiger partial charge in [-0.25, -0.2) is 4.98 Å². The van der Waals surface area contributed by atoms with Crippen molar-refractivity contribution >= 4 is 11.3 Å². The molecule has 0 saturated heterocycles. The first-order valence-corrected chi connectivity index (χ1v) is 4.63. The molecule has 1 unspecified atom stereocenters. The highest BCUT2D eigenvalue weighted by Crippen LogP contribution is 2.19. The van der Waals surface area contributed by atoms with Gasteiger partial charge in [-0.15, -0.1) is 0 Å². The molecule has 1 heterocycles. The number of aromatic nitrogens is 1. The van der Waals surface area contributed by atoms with Crippen molar-refractivity contribution in [2.75, 3.05) is 0 Å². The molecule has 0 radical (unpaired) electrons. The molecule has 1 atom stereocenters. The normalized spacial score (nSPS) is 13.5. The van der Waals surface area contributed by atoms with E-state index in [2.05, 4.69) is 25.8 Å². The molecule has 0 aliphatic heterocycles. The molecule has 1 aromatic heterocycles. The van der Waals surface area contributed by atoms with E-state index in [-0.39, 0.29) is 6.10 Å². The molecular formula is C8H13NOS. The van der Waals surface area contributed by atoms with E-state index in [0.29, 0.717) is 5.92 Å². The first kappa shape index (κ1) is 8.53. The summed E-state index contributed by atoms with van der Waals surface area (Å²) in [7, 11) is 0. The number of thiazole rings is 1. The maximum Gasteiger partial charge on any atom is 0.194 e. The largest absolute Gasteiger partial charge is 0.479 e. The Morgan fingerprint density at radius 1 is 1.45 bits per heavy atom. The van der Waals surface area contributed by atoms with Crippen molar-refractivity contribution in [1.29, 1.82) is 0 Å². The smallest absolute Gasteiger partial charge is 0.194 e. The zero-order valence-electron chi connectivity index (χ0n) is 7.07. The zero-order chi connectivity index (χ0) is 8.27. The van der Waals surface area contributed by atoms with Crippen LogP contribution < -0.4 is 4.74 Å².